The van der Waals surface area contributed by atoms with E-state index in [-0.39, 0.29) is 5.82 Å². The summed E-state index contributed by atoms with van der Waals surface area (Å²) in [6, 6.07) is 7.01. The fourth-order valence-electron chi connectivity index (χ4n) is 3.42. The number of nitrogens with two attached hydrogens (primary N) is 1. The third-order valence-electron chi connectivity index (χ3n) is 4.10. The van der Waals surface area contributed by atoms with Gasteiger partial charge in [0.2, 0.25) is 0 Å². The predicted octanol–water partition coefficient (Wildman–Crippen LogP) is 3.13. The van der Waals surface area contributed by atoms with Crippen molar-refractivity contribution in [2.75, 3.05) is 5.75 Å². The van der Waals surface area contributed by atoms with E-state index in [1.807, 2.05) is 12.1 Å². The molecular formula is C14H17FN2S. The quantitative estimate of drug-likeness (QED) is 0.846. The average Bonchev–Trinajstić information content (AvgIpc) is 2.65. The molecule has 0 unspecified atom stereocenters. The Morgan fingerprint density at radius 1 is 1.44 bits per heavy atom. The van der Waals surface area contributed by atoms with Crippen molar-refractivity contribution in [1.82, 2.24) is 0 Å². The van der Waals surface area contributed by atoms with Crippen molar-refractivity contribution in [3.8, 4) is 0 Å². The molecule has 1 aliphatic carbocycles. The summed E-state index contributed by atoms with van der Waals surface area (Å²) in [5.74, 6) is 1.78. The average molecular weight is 264 g/mol. The van der Waals surface area contributed by atoms with Gasteiger partial charge in [-0.15, -0.1) is 0 Å². The maximum absolute atomic E-state index is 14.1. The molecule has 1 aromatic rings. The first-order chi connectivity index (χ1) is 8.62. The van der Waals surface area contributed by atoms with E-state index in [0.717, 1.165) is 24.2 Å². The van der Waals surface area contributed by atoms with Crippen molar-refractivity contribution in [1.29, 1.82) is 0 Å². The first-order valence-electron chi connectivity index (χ1n) is 6.35. The Morgan fingerprint density at radius 3 is 3.00 bits per heavy atom. The van der Waals surface area contributed by atoms with Crippen LogP contribution in [-0.4, -0.2) is 10.9 Å². The molecule has 18 heavy (non-hydrogen) atoms. The number of fused-ring (bicyclic) bond motifs is 1. The summed E-state index contributed by atoms with van der Waals surface area (Å²) in [5, 5.41) is 0.601. The SMILES string of the molecule is C[C@H]1C[C@H]2CSC(N)=N[C@@]2(c2ccccc2F)C1. The van der Waals surface area contributed by atoms with Crippen LogP contribution in [0.1, 0.15) is 25.3 Å². The van der Waals surface area contributed by atoms with Gasteiger partial charge in [-0.05, 0) is 30.7 Å². The number of aliphatic imine (C=N–C) groups is 1. The molecule has 1 saturated carbocycles. The van der Waals surface area contributed by atoms with E-state index >= 15 is 0 Å². The number of thioether (sulfide) groups is 1. The lowest BCUT2D eigenvalue weighted by molar-refractivity contribution is 0.339. The molecule has 3 atom stereocenters. The first kappa shape index (κ1) is 12.0. The van der Waals surface area contributed by atoms with Crippen molar-refractivity contribution in [3.05, 3.63) is 35.6 Å². The van der Waals surface area contributed by atoms with Crippen LogP contribution in [0.2, 0.25) is 0 Å². The lowest BCUT2D eigenvalue weighted by Crippen LogP contribution is -2.37. The van der Waals surface area contributed by atoms with E-state index < -0.39 is 5.54 Å². The predicted molar refractivity (Wildman–Crippen MR) is 74.0 cm³/mol. The van der Waals surface area contributed by atoms with E-state index in [4.69, 9.17) is 5.73 Å². The molecule has 0 spiro atoms. The Hall–Kier alpha value is -1.03. The second-order valence-corrected chi connectivity index (χ2v) is 6.45. The largest absolute Gasteiger partial charge is 0.379 e. The van der Waals surface area contributed by atoms with Gasteiger partial charge in [-0.1, -0.05) is 36.9 Å². The normalized spacial score (nSPS) is 35.1. The highest BCUT2D eigenvalue weighted by atomic mass is 32.2. The standard InChI is InChI=1S/C14H17FN2S/c1-9-6-10-8-18-13(16)17-14(10,7-9)11-4-2-3-5-12(11)15/h2-5,9-10H,6-8H2,1H3,(H2,16,17)/t9-,10-,14-/m0/s1. The first-order valence-corrected chi connectivity index (χ1v) is 7.33. The van der Waals surface area contributed by atoms with Gasteiger partial charge in [-0.2, -0.15) is 0 Å². The van der Waals surface area contributed by atoms with Crippen molar-refractivity contribution in [2.24, 2.45) is 22.6 Å². The molecule has 4 heteroatoms. The Labute approximate surface area is 111 Å². The van der Waals surface area contributed by atoms with E-state index in [1.54, 1.807) is 17.8 Å². The lowest BCUT2D eigenvalue weighted by Gasteiger charge is -2.36. The van der Waals surface area contributed by atoms with Crippen LogP contribution in [0.25, 0.3) is 0 Å². The maximum atomic E-state index is 14.1. The van der Waals surface area contributed by atoms with Gasteiger partial charge in [0, 0.05) is 11.3 Å². The highest BCUT2D eigenvalue weighted by Gasteiger charge is 2.50. The van der Waals surface area contributed by atoms with Gasteiger partial charge in [-0.3, -0.25) is 4.99 Å². The van der Waals surface area contributed by atoms with E-state index in [0.29, 0.717) is 17.0 Å². The zero-order valence-corrected chi connectivity index (χ0v) is 11.2. The summed E-state index contributed by atoms with van der Waals surface area (Å²) >= 11 is 1.60. The summed E-state index contributed by atoms with van der Waals surface area (Å²) in [6.45, 7) is 2.22. The zero-order chi connectivity index (χ0) is 12.8. The van der Waals surface area contributed by atoms with Crippen LogP contribution < -0.4 is 5.73 Å². The number of amidine groups is 1. The molecule has 0 radical (unpaired) electrons. The van der Waals surface area contributed by atoms with Crippen LogP contribution in [0.5, 0.6) is 0 Å². The second-order valence-electron chi connectivity index (χ2n) is 5.41. The molecule has 96 valence electrons. The number of nitrogens with zero attached hydrogens (tertiary/aromatic N) is 1. The van der Waals surface area contributed by atoms with Crippen LogP contribution in [0.4, 0.5) is 4.39 Å². The van der Waals surface area contributed by atoms with Crippen molar-refractivity contribution in [3.63, 3.8) is 0 Å². The second kappa shape index (κ2) is 4.26. The highest BCUT2D eigenvalue weighted by molar-refractivity contribution is 8.13. The molecule has 0 bridgehead atoms. The van der Waals surface area contributed by atoms with E-state index in [1.165, 1.54) is 6.07 Å². The molecule has 2 nitrogen and oxygen atoms in total. The molecule has 0 amide bonds. The number of hydrogen-bond acceptors (Lipinski definition) is 3. The third kappa shape index (κ3) is 1.74. The highest BCUT2D eigenvalue weighted by Crippen LogP contribution is 2.53. The molecule has 1 aliphatic heterocycles. The fraction of sp³-hybridized carbons (Fsp3) is 0.500. The summed E-state index contributed by atoms with van der Waals surface area (Å²) < 4.78 is 14.1. The Kier molecular flexibility index (Phi) is 2.85. The van der Waals surface area contributed by atoms with Crippen LogP contribution in [0.15, 0.2) is 29.3 Å². The van der Waals surface area contributed by atoms with Crippen LogP contribution >= 0.6 is 11.8 Å². The fourth-order valence-corrected chi connectivity index (χ4v) is 4.43. The number of halogens is 1. The summed E-state index contributed by atoms with van der Waals surface area (Å²) in [6.07, 6.45) is 2.01. The molecule has 2 N–H and O–H groups in total. The third-order valence-corrected chi connectivity index (χ3v) is 5.06. The topological polar surface area (TPSA) is 38.4 Å². The lowest BCUT2D eigenvalue weighted by atomic mass is 9.81. The van der Waals surface area contributed by atoms with Crippen molar-refractivity contribution >= 4 is 16.9 Å². The van der Waals surface area contributed by atoms with Crippen molar-refractivity contribution in [2.45, 2.75) is 25.3 Å². The Balaban J connectivity index is 2.15. The molecule has 1 aromatic carbocycles. The summed E-state index contributed by atoms with van der Waals surface area (Å²) in [4.78, 5) is 4.67. The molecule has 0 saturated heterocycles. The number of hydrogen-bond donors (Lipinski definition) is 1. The van der Waals surface area contributed by atoms with Gasteiger partial charge in [-0.25, -0.2) is 4.39 Å². The van der Waals surface area contributed by atoms with Gasteiger partial charge in [0.1, 0.15) is 5.82 Å². The van der Waals surface area contributed by atoms with Gasteiger partial charge in [0.05, 0.1) is 5.54 Å². The van der Waals surface area contributed by atoms with Gasteiger partial charge in [0.15, 0.2) is 5.17 Å². The molecule has 0 aromatic heterocycles. The van der Waals surface area contributed by atoms with Crippen LogP contribution in [-0.2, 0) is 5.54 Å². The summed E-state index contributed by atoms with van der Waals surface area (Å²) in [5.41, 5.74) is 6.21. The van der Waals surface area contributed by atoms with Crippen LogP contribution in [0, 0.1) is 17.7 Å². The minimum Gasteiger partial charge on any atom is -0.379 e. The minimum absolute atomic E-state index is 0.153. The van der Waals surface area contributed by atoms with E-state index in [2.05, 4.69) is 11.9 Å². The van der Waals surface area contributed by atoms with E-state index in [9.17, 15) is 4.39 Å². The molecule has 3 rings (SSSR count). The monoisotopic (exact) mass is 264 g/mol. The van der Waals surface area contributed by atoms with Gasteiger partial charge < -0.3 is 5.73 Å². The Bertz CT molecular complexity index is 502. The maximum Gasteiger partial charge on any atom is 0.154 e. The minimum atomic E-state index is -0.417. The van der Waals surface area contributed by atoms with Gasteiger partial charge >= 0.3 is 0 Å². The number of benzene rings is 1. The smallest absolute Gasteiger partial charge is 0.154 e. The Morgan fingerprint density at radius 2 is 2.22 bits per heavy atom. The van der Waals surface area contributed by atoms with Crippen LogP contribution in [0.3, 0.4) is 0 Å². The summed E-state index contributed by atoms with van der Waals surface area (Å²) in [7, 11) is 0. The molecular weight excluding hydrogens is 247 g/mol. The van der Waals surface area contributed by atoms with Gasteiger partial charge in [0.25, 0.3) is 0 Å². The zero-order valence-electron chi connectivity index (χ0n) is 10.4. The molecule has 1 fully saturated rings. The number of rotatable bonds is 1. The van der Waals surface area contributed by atoms with Crippen molar-refractivity contribution < 1.29 is 4.39 Å². The molecule has 1 heterocycles. The molecule has 2 aliphatic rings.